The molecule has 0 unspecified atom stereocenters. The molecule has 0 amide bonds. The number of hydrogen-bond acceptors (Lipinski definition) is 2. The molecule has 0 aliphatic heterocycles. The van der Waals surface area contributed by atoms with Crippen LogP contribution in [-0.4, -0.2) is 40.6 Å². The van der Waals surface area contributed by atoms with Crippen molar-refractivity contribution in [1.82, 2.24) is 25.2 Å². The highest BCUT2D eigenvalue weighted by Gasteiger charge is 2.07. The van der Waals surface area contributed by atoms with Crippen molar-refractivity contribution in [3.63, 3.8) is 0 Å². The van der Waals surface area contributed by atoms with Crippen molar-refractivity contribution >= 4 is 16.9 Å². The Morgan fingerprint density at radius 2 is 1.96 bits per heavy atom. The standard InChI is InChI=1S/C21H30N6/c1-16-18(19-8-4-5-9-20(19)26-16)10-12-25-21(22-3)24-11-6-7-14-27-15-13-23-17(27)2/h4-5,8-9,13,15,26H,6-7,10-12,14H2,1-3H3,(H2,22,24,25). The van der Waals surface area contributed by atoms with Crippen molar-refractivity contribution in [3.8, 4) is 0 Å². The molecule has 0 fully saturated rings. The lowest BCUT2D eigenvalue weighted by molar-refractivity contribution is 0.588. The summed E-state index contributed by atoms with van der Waals surface area (Å²) in [6, 6.07) is 8.48. The Kier molecular flexibility index (Phi) is 6.52. The van der Waals surface area contributed by atoms with Gasteiger partial charge in [-0.2, -0.15) is 0 Å². The lowest BCUT2D eigenvalue weighted by Crippen LogP contribution is -2.38. The number of rotatable bonds is 8. The number of imidazole rings is 1. The minimum Gasteiger partial charge on any atom is -0.358 e. The summed E-state index contributed by atoms with van der Waals surface area (Å²) in [6.07, 6.45) is 7.08. The molecule has 0 saturated heterocycles. The summed E-state index contributed by atoms with van der Waals surface area (Å²) in [5, 5.41) is 8.14. The van der Waals surface area contributed by atoms with E-state index in [1.165, 1.54) is 22.2 Å². The van der Waals surface area contributed by atoms with Gasteiger partial charge >= 0.3 is 0 Å². The molecule has 0 atom stereocenters. The average Bonchev–Trinajstić information content (AvgIpc) is 3.22. The molecule has 6 nitrogen and oxygen atoms in total. The van der Waals surface area contributed by atoms with Gasteiger partial charge in [0.25, 0.3) is 0 Å². The molecular formula is C21H30N6. The fourth-order valence-electron chi connectivity index (χ4n) is 3.44. The van der Waals surface area contributed by atoms with Crippen molar-refractivity contribution < 1.29 is 0 Å². The number of nitrogens with zero attached hydrogens (tertiary/aromatic N) is 3. The lowest BCUT2D eigenvalue weighted by Gasteiger charge is -2.12. The Balaban J connectivity index is 1.39. The zero-order valence-electron chi connectivity index (χ0n) is 16.5. The predicted molar refractivity (Wildman–Crippen MR) is 112 cm³/mol. The number of nitrogens with one attached hydrogen (secondary N) is 3. The van der Waals surface area contributed by atoms with Crippen LogP contribution >= 0.6 is 0 Å². The van der Waals surface area contributed by atoms with Gasteiger partial charge in [0, 0.05) is 55.7 Å². The second-order valence-corrected chi connectivity index (χ2v) is 6.82. The number of aromatic amines is 1. The first kappa shape index (κ1) is 19.0. The molecule has 0 aliphatic carbocycles. The summed E-state index contributed by atoms with van der Waals surface area (Å²) in [5.41, 5.74) is 3.83. The van der Waals surface area contributed by atoms with E-state index >= 15 is 0 Å². The van der Waals surface area contributed by atoms with Gasteiger partial charge in [0.1, 0.15) is 5.82 Å². The van der Waals surface area contributed by atoms with Crippen LogP contribution in [0.5, 0.6) is 0 Å². The maximum atomic E-state index is 4.32. The Hall–Kier alpha value is -2.76. The molecule has 3 N–H and O–H groups in total. The second-order valence-electron chi connectivity index (χ2n) is 6.82. The Morgan fingerprint density at radius 1 is 1.15 bits per heavy atom. The summed E-state index contributed by atoms with van der Waals surface area (Å²) in [6.45, 7) is 6.97. The highest BCUT2D eigenvalue weighted by atomic mass is 15.2. The molecule has 0 spiro atoms. The molecule has 3 rings (SSSR count). The van der Waals surface area contributed by atoms with Crippen LogP contribution in [0.25, 0.3) is 10.9 Å². The summed E-state index contributed by atoms with van der Waals surface area (Å²) in [4.78, 5) is 12.0. The van der Waals surface area contributed by atoms with Crippen molar-refractivity contribution in [1.29, 1.82) is 0 Å². The predicted octanol–water partition coefficient (Wildman–Crippen LogP) is 3.17. The largest absolute Gasteiger partial charge is 0.358 e. The van der Waals surface area contributed by atoms with Crippen molar-refractivity contribution in [2.45, 2.75) is 39.7 Å². The van der Waals surface area contributed by atoms with E-state index in [4.69, 9.17) is 0 Å². The smallest absolute Gasteiger partial charge is 0.190 e. The number of fused-ring (bicyclic) bond motifs is 1. The zero-order valence-corrected chi connectivity index (χ0v) is 16.5. The van der Waals surface area contributed by atoms with E-state index in [9.17, 15) is 0 Å². The zero-order chi connectivity index (χ0) is 19.1. The second kappa shape index (κ2) is 9.26. The summed E-state index contributed by atoms with van der Waals surface area (Å²) in [5.74, 6) is 1.94. The van der Waals surface area contributed by atoms with Crippen LogP contribution in [0.3, 0.4) is 0 Å². The topological polar surface area (TPSA) is 70.0 Å². The Labute approximate surface area is 161 Å². The Morgan fingerprint density at radius 3 is 2.74 bits per heavy atom. The SMILES string of the molecule is CN=C(NCCCCn1ccnc1C)NCCc1c(C)[nH]c2ccccc12. The van der Waals surface area contributed by atoms with E-state index in [1.54, 1.807) is 0 Å². The summed E-state index contributed by atoms with van der Waals surface area (Å²) in [7, 11) is 1.82. The van der Waals surface area contributed by atoms with Gasteiger partial charge in [-0.15, -0.1) is 0 Å². The third-order valence-electron chi connectivity index (χ3n) is 4.96. The number of hydrogen-bond donors (Lipinski definition) is 3. The van der Waals surface area contributed by atoms with E-state index < -0.39 is 0 Å². The van der Waals surface area contributed by atoms with E-state index in [-0.39, 0.29) is 0 Å². The van der Waals surface area contributed by atoms with Crippen LogP contribution in [0.4, 0.5) is 0 Å². The number of benzene rings is 1. The molecule has 0 bridgehead atoms. The molecule has 27 heavy (non-hydrogen) atoms. The highest BCUT2D eigenvalue weighted by Crippen LogP contribution is 2.21. The van der Waals surface area contributed by atoms with Crippen LogP contribution in [0, 0.1) is 13.8 Å². The fourth-order valence-corrected chi connectivity index (χ4v) is 3.44. The first-order valence-electron chi connectivity index (χ1n) is 9.67. The van der Waals surface area contributed by atoms with Crippen molar-refractivity contribution in [2.24, 2.45) is 4.99 Å². The maximum Gasteiger partial charge on any atom is 0.190 e. The average molecular weight is 367 g/mol. The lowest BCUT2D eigenvalue weighted by atomic mass is 10.1. The van der Waals surface area contributed by atoms with Gasteiger partial charge in [-0.3, -0.25) is 4.99 Å². The molecular weight excluding hydrogens is 336 g/mol. The molecule has 3 aromatic rings. The normalized spacial score (nSPS) is 11.9. The number of guanidine groups is 1. The molecule has 6 heteroatoms. The summed E-state index contributed by atoms with van der Waals surface area (Å²) >= 11 is 0. The maximum absolute atomic E-state index is 4.32. The third kappa shape index (κ3) is 4.90. The van der Waals surface area contributed by atoms with Gasteiger partial charge in [0.2, 0.25) is 0 Å². The molecule has 0 radical (unpaired) electrons. The van der Waals surface area contributed by atoms with Gasteiger partial charge in [-0.25, -0.2) is 4.98 Å². The van der Waals surface area contributed by atoms with Gasteiger partial charge in [-0.05, 0) is 44.7 Å². The van der Waals surface area contributed by atoms with Crippen LogP contribution in [-0.2, 0) is 13.0 Å². The first-order chi connectivity index (χ1) is 13.2. The quantitative estimate of drug-likeness (QED) is 0.326. The number of aromatic nitrogens is 3. The van der Waals surface area contributed by atoms with E-state index in [2.05, 4.69) is 61.4 Å². The van der Waals surface area contributed by atoms with Crippen LogP contribution in [0.2, 0.25) is 0 Å². The number of para-hydroxylation sites is 1. The number of unbranched alkanes of at least 4 members (excludes halogenated alkanes) is 1. The number of aryl methyl sites for hydroxylation is 3. The third-order valence-corrected chi connectivity index (χ3v) is 4.96. The molecule has 0 aliphatic rings. The molecule has 2 aromatic heterocycles. The van der Waals surface area contributed by atoms with Gasteiger partial charge in [0.15, 0.2) is 5.96 Å². The van der Waals surface area contributed by atoms with Crippen LogP contribution in [0.1, 0.15) is 29.9 Å². The molecule has 144 valence electrons. The van der Waals surface area contributed by atoms with Crippen molar-refractivity contribution in [2.75, 3.05) is 20.1 Å². The Bertz CT molecular complexity index is 889. The minimum absolute atomic E-state index is 0.858. The number of aliphatic imine (C=N–C) groups is 1. The summed E-state index contributed by atoms with van der Waals surface area (Å²) < 4.78 is 2.19. The molecule has 1 aromatic carbocycles. The fraction of sp³-hybridized carbons (Fsp3) is 0.429. The first-order valence-corrected chi connectivity index (χ1v) is 9.67. The van der Waals surface area contributed by atoms with Gasteiger partial charge < -0.3 is 20.2 Å². The monoisotopic (exact) mass is 366 g/mol. The van der Waals surface area contributed by atoms with Crippen LogP contribution < -0.4 is 10.6 Å². The minimum atomic E-state index is 0.858. The van der Waals surface area contributed by atoms with Crippen LogP contribution in [0.15, 0.2) is 41.7 Å². The van der Waals surface area contributed by atoms with E-state index in [1.807, 2.05) is 26.4 Å². The molecule has 2 heterocycles. The number of H-pyrrole nitrogens is 1. The van der Waals surface area contributed by atoms with E-state index in [0.717, 1.165) is 50.7 Å². The molecule has 0 saturated carbocycles. The van der Waals surface area contributed by atoms with Gasteiger partial charge in [0.05, 0.1) is 0 Å². The van der Waals surface area contributed by atoms with Gasteiger partial charge in [-0.1, -0.05) is 18.2 Å². The highest BCUT2D eigenvalue weighted by molar-refractivity contribution is 5.84. The van der Waals surface area contributed by atoms with Crippen molar-refractivity contribution in [3.05, 3.63) is 53.7 Å². The van der Waals surface area contributed by atoms with E-state index in [0.29, 0.717) is 0 Å².